The van der Waals surface area contributed by atoms with E-state index < -0.39 is 6.10 Å². The number of ether oxygens (including phenoxy) is 1. The zero-order chi connectivity index (χ0) is 23.2. The first kappa shape index (κ1) is 23.4. The number of benzene rings is 1. The molecule has 1 unspecified atom stereocenters. The van der Waals surface area contributed by atoms with E-state index in [9.17, 15) is 9.90 Å². The fourth-order valence-electron chi connectivity index (χ4n) is 3.71. The Bertz CT molecular complexity index is 1200. The second-order valence-electron chi connectivity index (χ2n) is 8.54. The number of furan rings is 1. The molecule has 4 rings (SSSR count). The van der Waals surface area contributed by atoms with Crippen LogP contribution in [0.4, 0.5) is 0 Å². The lowest BCUT2D eigenvalue weighted by molar-refractivity contribution is 0.00421. The zero-order valence-corrected chi connectivity index (χ0v) is 19.7. The van der Waals surface area contributed by atoms with E-state index in [1.54, 1.807) is 6.26 Å². The molecule has 0 bridgehead atoms. The molecule has 0 aliphatic rings. The minimum absolute atomic E-state index is 0.158. The van der Waals surface area contributed by atoms with Crippen LogP contribution in [0.25, 0.3) is 21.3 Å². The molecule has 7 nitrogen and oxygen atoms in total. The van der Waals surface area contributed by atoms with Crippen LogP contribution in [0.3, 0.4) is 0 Å². The Morgan fingerprint density at radius 2 is 1.97 bits per heavy atom. The van der Waals surface area contributed by atoms with Gasteiger partial charge < -0.3 is 19.2 Å². The number of fused-ring (bicyclic) bond motifs is 1. The molecule has 2 N–H and O–H groups in total. The summed E-state index contributed by atoms with van der Waals surface area (Å²) < 4.78 is 11.1. The van der Waals surface area contributed by atoms with Crippen molar-refractivity contribution in [1.29, 1.82) is 0 Å². The highest BCUT2D eigenvalue weighted by molar-refractivity contribution is 7.17. The van der Waals surface area contributed by atoms with Crippen LogP contribution in [-0.2, 0) is 17.8 Å². The van der Waals surface area contributed by atoms with Crippen LogP contribution in [0.5, 0.6) is 0 Å². The highest BCUT2D eigenvalue weighted by Gasteiger charge is 2.18. The predicted octanol–water partition coefficient (Wildman–Crippen LogP) is 4.28. The van der Waals surface area contributed by atoms with Gasteiger partial charge in [-0.1, -0.05) is 44.2 Å². The van der Waals surface area contributed by atoms with Gasteiger partial charge in [0.1, 0.15) is 16.4 Å². The molecule has 0 radical (unpaired) electrons. The van der Waals surface area contributed by atoms with Crippen LogP contribution in [-0.4, -0.2) is 45.8 Å². The third-order valence-corrected chi connectivity index (χ3v) is 6.01. The van der Waals surface area contributed by atoms with Gasteiger partial charge in [0.05, 0.1) is 37.4 Å². The van der Waals surface area contributed by atoms with Gasteiger partial charge in [-0.25, -0.2) is 4.98 Å². The predicted molar refractivity (Wildman–Crippen MR) is 130 cm³/mol. The van der Waals surface area contributed by atoms with Gasteiger partial charge in [0.15, 0.2) is 0 Å². The fourth-order valence-corrected chi connectivity index (χ4v) is 4.68. The average molecular weight is 468 g/mol. The van der Waals surface area contributed by atoms with Crippen molar-refractivity contribution in [1.82, 2.24) is 14.9 Å². The van der Waals surface area contributed by atoms with E-state index in [0.29, 0.717) is 48.2 Å². The Hall–Kier alpha value is -2.78. The van der Waals surface area contributed by atoms with Crippen LogP contribution in [0.1, 0.15) is 25.4 Å². The van der Waals surface area contributed by atoms with Gasteiger partial charge in [-0.05, 0) is 23.6 Å². The standard InChI is InChI=1S/C25H29N3O4S/c1-17(2)14-31-15-19(29)11-28(12-20-9-6-10-32-20)13-22-26-24(30)23-21(16-33-25(23)27-22)18-7-4-3-5-8-18/h3-10,16-17,19,29H,11-15H2,1-2H3,(H,26,27,30). The van der Waals surface area contributed by atoms with Crippen LogP contribution in [0.2, 0.25) is 0 Å². The molecule has 174 valence electrons. The summed E-state index contributed by atoms with van der Waals surface area (Å²) in [6.07, 6.45) is 0.958. The summed E-state index contributed by atoms with van der Waals surface area (Å²) in [7, 11) is 0. The van der Waals surface area contributed by atoms with Gasteiger partial charge in [-0.3, -0.25) is 9.69 Å². The van der Waals surface area contributed by atoms with Crippen LogP contribution in [0.15, 0.2) is 63.3 Å². The quantitative estimate of drug-likeness (QED) is 0.342. The van der Waals surface area contributed by atoms with Crippen molar-refractivity contribution in [2.45, 2.75) is 33.0 Å². The molecule has 4 aromatic rings. The van der Waals surface area contributed by atoms with Gasteiger partial charge in [0.2, 0.25) is 0 Å². The number of hydrogen-bond acceptors (Lipinski definition) is 7. The maximum Gasteiger partial charge on any atom is 0.260 e. The highest BCUT2D eigenvalue weighted by atomic mass is 32.1. The van der Waals surface area contributed by atoms with Gasteiger partial charge in [0, 0.05) is 24.1 Å². The van der Waals surface area contributed by atoms with E-state index in [1.807, 2.05) is 52.7 Å². The lowest BCUT2D eigenvalue weighted by Gasteiger charge is -2.24. The number of hydrogen-bond donors (Lipinski definition) is 2. The third kappa shape index (κ3) is 6.17. The van der Waals surface area contributed by atoms with Crippen LogP contribution >= 0.6 is 11.3 Å². The smallest absolute Gasteiger partial charge is 0.260 e. The normalized spacial score (nSPS) is 12.8. The molecular weight excluding hydrogens is 438 g/mol. The first-order chi connectivity index (χ1) is 16.0. The van der Waals surface area contributed by atoms with E-state index in [2.05, 4.69) is 18.8 Å². The Morgan fingerprint density at radius 1 is 1.15 bits per heavy atom. The molecule has 0 amide bonds. The number of aliphatic hydroxyl groups excluding tert-OH is 1. The topological polar surface area (TPSA) is 91.6 Å². The van der Waals surface area contributed by atoms with Crippen LogP contribution < -0.4 is 5.56 Å². The number of aromatic nitrogens is 2. The largest absolute Gasteiger partial charge is 0.468 e. The molecule has 33 heavy (non-hydrogen) atoms. The number of H-pyrrole nitrogens is 1. The number of thiophene rings is 1. The van der Waals surface area contributed by atoms with Crippen LogP contribution in [0, 0.1) is 5.92 Å². The number of aliphatic hydroxyl groups is 1. The number of aromatic amines is 1. The lowest BCUT2D eigenvalue weighted by atomic mass is 10.1. The average Bonchev–Trinajstić information content (AvgIpc) is 3.44. The second kappa shape index (κ2) is 10.9. The van der Waals surface area contributed by atoms with Crippen molar-refractivity contribution in [2.75, 3.05) is 19.8 Å². The molecule has 3 aromatic heterocycles. The molecule has 0 saturated carbocycles. The summed E-state index contributed by atoms with van der Waals surface area (Å²) in [5.41, 5.74) is 1.72. The van der Waals surface area contributed by atoms with Crippen molar-refractivity contribution in [3.63, 3.8) is 0 Å². The Kier molecular flexibility index (Phi) is 7.72. The van der Waals surface area contributed by atoms with Crippen molar-refractivity contribution in [3.8, 4) is 11.1 Å². The molecule has 0 aliphatic carbocycles. The summed E-state index contributed by atoms with van der Waals surface area (Å²) in [6, 6.07) is 13.6. The van der Waals surface area contributed by atoms with E-state index >= 15 is 0 Å². The fraction of sp³-hybridized carbons (Fsp3) is 0.360. The summed E-state index contributed by atoms with van der Waals surface area (Å²) in [4.78, 5) is 23.3. The second-order valence-corrected chi connectivity index (χ2v) is 9.40. The van der Waals surface area contributed by atoms with Crippen molar-refractivity contribution in [2.24, 2.45) is 5.92 Å². The maximum absolute atomic E-state index is 13.0. The lowest BCUT2D eigenvalue weighted by Crippen LogP contribution is -2.35. The number of rotatable bonds is 11. The van der Waals surface area contributed by atoms with E-state index in [4.69, 9.17) is 14.1 Å². The SMILES string of the molecule is CC(C)COCC(O)CN(Cc1nc2scc(-c3ccccc3)c2c(=O)[nH]1)Cc1ccco1. The number of nitrogens with zero attached hydrogens (tertiary/aromatic N) is 2. The van der Waals surface area contributed by atoms with Crippen molar-refractivity contribution in [3.05, 3.63) is 76.0 Å². The molecular formula is C25H29N3O4S. The number of nitrogens with one attached hydrogen (secondary N) is 1. The molecule has 0 spiro atoms. The summed E-state index contributed by atoms with van der Waals surface area (Å²) in [6.45, 7) is 6.20. The first-order valence-corrected chi connectivity index (χ1v) is 11.9. The summed E-state index contributed by atoms with van der Waals surface area (Å²) in [5, 5.41) is 13.1. The van der Waals surface area contributed by atoms with E-state index in [0.717, 1.165) is 16.9 Å². The maximum atomic E-state index is 13.0. The van der Waals surface area contributed by atoms with Gasteiger partial charge >= 0.3 is 0 Å². The molecule has 0 saturated heterocycles. The first-order valence-electron chi connectivity index (χ1n) is 11.1. The minimum Gasteiger partial charge on any atom is -0.468 e. The van der Waals surface area contributed by atoms with E-state index in [-0.39, 0.29) is 12.2 Å². The summed E-state index contributed by atoms with van der Waals surface area (Å²) >= 11 is 1.46. The van der Waals surface area contributed by atoms with Gasteiger partial charge in [0.25, 0.3) is 5.56 Å². The Labute approximate surface area is 196 Å². The third-order valence-electron chi connectivity index (χ3n) is 5.14. The highest BCUT2D eigenvalue weighted by Crippen LogP contribution is 2.30. The molecule has 3 heterocycles. The minimum atomic E-state index is -0.666. The molecule has 0 aliphatic heterocycles. The van der Waals surface area contributed by atoms with Gasteiger partial charge in [-0.15, -0.1) is 11.3 Å². The Balaban J connectivity index is 1.53. The monoisotopic (exact) mass is 467 g/mol. The molecule has 8 heteroatoms. The van der Waals surface area contributed by atoms with Crippen molar-refractivity contribution >= 4 is 21.6 Å². The van der Waals surface area contributed by atoms with Crippen molar-refractivity contribution < 1.29 is 14.3 Å². The molecule has 0 fully saturated rings. The summed E-state index contributed by atoms with van der Waals surface area (Å²) in [5.74, 6) is 1.73. The Morgan fingerprint density at radius 3 is 2.70 bits per heavy atom. The van der Waals surface area contributed by atoms with Gasteiger partial charge in [-0.2, -0.15) is 0 Å². The molecule has 1 atom stereocenters. The molecule has 1 aromatic carbocycles. The zero-order valence-electron chi connectivity index (χ0n) is 18.9. The van der Waals surface area contributed by atoms with E-state index in [1.165, 1.54) is 11.3 Å².